The number of amides is 1. The van der Waals surface area contributed by atoms with Crippen LogP contribution in [0, 0.1) is 0 Å². The van der Waals surface area contributed by atoms with Crippen LogP contribution in [0.5, 0.6) is 0 Å². The van der Waals surface area contributed by atoms with E-state index in [-0.39, 0.29) is 5.91 Å². The van der Waals surface area contributed by atoms with Gasteiger partial charge in [0, 0.05) is 24.6 Å². The second kappa shape index (κ2) is 4.10. The van der Waals surface area contributed by atoms with Crippen molar-refractivity contribution in [3.05, 3.63) is 35.7 Å². The SMILES string of the molecule is C/C(N)=C/N(N)c1ccc2c(c1)N(C)C(=O)C2. The summed E-state index contributed by atoms with van der Waals surface area (Å²) < 4.78 is 0. The number of anilines is 2. The van der Waals surface area contributed by atoms with Gasteiger partial charge in [-0.05, 0) is 24.6 Å². The number of nitrogens with two attached hydrogens (primary N) is 2. The third-order valence-corrected chi connectivity index (χ3v) is 2.79. The van der Waals surface area contributed by atoms with Crippen molar-refractivity contribution >= 4 is 17.3 Å². The van der Waals surface area contributed by atoms with Gasteiger partial charge >= 0.3 is 0 Å². The van der Waals surface area contributed by atoms with Gasteiger partial charge < -0.3 is 10.6 Å². The molecule has 0 aliphatic carbocycles. The van der Waals surface area contributed by atoms with Crippen molar-refractivity contribution in [2.45, 2.75) is 13.3 Å². The molecule has 1 aliphatic heterocycles. The summed E-state index contributed by atoms with van der Waals surface area (Å²) in [5, 5.41) is 1.45. The molecule has 0 unspecified atom stereocenters. The fourth-order valence-electron chi connectivity index (χ4n) is 1.88. The molecule has 0 fully saturated rings. The zero-order chi connectivity index (χ0) is 12.6. The number of hydrogen-bond acceptors (Lipinski definition) is 4. The van der Waals surface area contributed by atoms with Crippen LogP contribution in [0.4, 0.5) is 11.4 Å². The summed E-state index contributed by atoms with van der Waals surface area (Å²) in [6.45, 7) is 1.77. The van der Waals surface area contributed by atoms with Gasteiger partial charge in [-0.2, -0.15) is 0 Å². The molecule has 0 saturated carbocycles. The second-order valence-electron chi connectivity index (χ2n) is 4.22. The Labute approximate surface area is 100 Å². The van der Waals surface area contributed by atoms with Crippen LogP contribution < -0.4 is 21.5 Å². The highest BCUT2D eigenvalue weighted by molar-refractivity contribution is 6.01. The van der Waals surface area contributed by atoms with Gasteiger partial charge in [0.05, 0.1) is 12.1 Å². The Kier molecular flexibility index (Phi) is 2.77. The Morgan fingerprint density at radius 1 is 1.53 bits per heavy atom. The normalized spacial score (nSPS) is 15.1. The van der Waals surface area contributed by atoms with E-state index in [0.717, 1.165) is 16.9 Å². The van der Waals surface area contributed by atoms with E-state index >= 15 is 0 Å². The first-order chi connectivity index (χ1) is 7.99. The molecule has 0 saturated heterocycles. The summed E-state index contributed by atoms with van der Waals surface area (Å²) in [5.74, 6) is 5.95. The lowest BCUT2D eigenvalue weighted by Gasteiger charge is -2.17. The molecule has 0 radical (unpaired) electrons. The Balaban J connectivity index is 2.35. The highest BCUT2D eigenvalue weighted by Gasteiger charge is 2.24. The quantitative estimate of drug-likeness (QED) is 0.581. The van der Waals surface area contributed by atoms with E-state index in [2.05, 4.69) is 0 Å². The summed E-state index contributed by atoms with van der Waals surface area (Å²) in [7, 11) is 1.77. The zero-order valence-electron chi connectivity index (χ0n) is 9.97. The molecular formula is C12H16N4O. The second-order valence-corrected chi connectivity index (χ2v) is 4.22. The van der Waals surface area contributed by atoms with Gasteiger partial charge in [-0.1, -0.05) is 6.07 Å². The minimum Gasteiger partial charge on any atom is -0.401 e. The Hall–Kier alpha value is -2.01. The van der Waals surface area contributed by atoms with Gasteiger partial charge in [0.2, 0.25) is 5.91 Å². The van der Waals surface area contributed by atoms with Crippen molar-refractivity contribution in [3.8, 4) is 0 Å². The van der Waals surface area contributed by atoms with Crippen molar-refractivity contribution in [2.24, 2.45) is 11.6 Å². The van der Waals surface area contributed by atoms with Crippen molar-refractivity contribution in [3.63, 3.8) is 0 Å². The minimum atomic E-state index is 0.103. The molecule has 90 valence electrons. The molecule has 17 heavy (non-hydrogen) atoms. The summed E-state index contributed by atoms with van der Waals surface area (Å²) >= 11 is 0. The summed E-state index contributed by atoms with van der Waals surface area (Å²) in [6.07, 6.45) is 2.10. The molecule has 0 aromatic heterocycles. The number of carbonyl (C=O) groups excluding carboxylic acids is 1. The number of hydrazine groups is 1. The van der Waals surface area contributed by atoms with E-state index in [1.807, 2.05) is 18.2 Å². The van der Waals surface area contributed by atoms with Crippen LogP contribution in [0.3, 0.4) is 0 Å². The van der Waals surface area contributed by atoms with Gasteiger partial charge in [0.1, 0.15) is 0 Å². The molecule has 1 aliphatic rings. The highest BCUT2D eigenvalue weighted by atomic mass is 16.2. The molecule has 1 aromatic rings. The molecule has 2 rings (SSSR count). The van der Waals surface area contributed by atoms with Crippen LogP contribution in [0.15, 0.2) is 30.1 Å². The van der Waals surface area contributed by atoms with Crippen LogP contribution in [0.25, 0.3) is 0 Å². The van der Waals surface area contributed by atoms with Gasteiger partial charge in [-0.3, -0.25) is 9.80 Å². The Morgan fingerprint density at radius 2 is 2.24 bits per heavy atom. The number of fused-ring (bicyclic) bond motifs is 1. The topological polar surface area (TPSA) is 75.6 Å². The first-order valence-corrected chi connectivity index (χ1v) is 5.36. The van der Waals surface area contributed by atoms with E-state index in [1.165, 1.54) is 5.01 Å². The first kappa shape index (κ1) is 11.5. The average molecular weight is 232 g/mol. The lowest BCUT2D eigenvalue weighted by molar-refractivity contribution is -0.117. The molecule has 5 heteroatoms. The monoisotopic (exact) mass is 232 g/mol. The summed E-state index contributed by atoms with van der Waals surface area (Å²) in [4.78, 5) is 13.2. The lowest BCUT2D eigenvalue weighted by atomic mass is 10.1. The first-order valence-electron chi connectivity index (χ1n) is 5.36. The fourth-order valence-corrected chi connectivity index (χ4v) is 1.88. The van der Waals surface area contributed by atoms with Crippen LogP contribution in [-0.4, -0.2) is 13.0 Å². The number of benzene rings is 1. The third-order valence-electron chi connectivity index (χ3n) is 2.79. The molecular weight excluding hydrogens is 216 g/mol. The maximum atomic E-state index is 11.5. The standard InChI is InChI=1S/C12H16N4O/c1-8(13)7-16(14)10-4-3-9-5-12(17)15(2)11(9)6-10/h3-4,6-7H,5,13-14H2,1-2H3/b8-7-. The third kappa shape index (κ3) is 2.09. The molecule has 4 N–H and O–H groups in total. The Morgan fingerprint density at radius 3 is 2.88 bits per heavy atom. The smallest absolute Gasteiger partial charge is 0.231 e. The number of likely N-dealkylation sites (N-methyl/N-ethyl adjacent to an activating group) is 1. The van der Waals surface area contributed by atoms with Crippen molar-refractivity contribution in [2.75, 3.05) is 17.0 Å². The van der Waals surface area contributed by atoms with Crippen LogP contribution in [0.2, 0.25) is 0 Å². The number of allylic oxidation sites excluding steroid dienone is 1. The molecule has 1 amide bonds. The largest absolute Gasteiger partial charge is 0.401 e. The number of hydrogen-bond donors (Lipinski definition) is 2. The maximum Gasteiger partial charge on any atom is 0.231 e. The maximum absolute atomic E-state index is 11.5. The molecule has 1 aromatic carbocycles. The van der Waals surface area contributed by atoms with Crippen LogP contribution >= 0.6 is 0 Å². The van der Waals surface area contributed by atoms with Gasteiger partial charge in [0.25, 0.3) is 0 Å². The molecule has 0 atom stereocenters. The van der Waals surface area contributed by atoms with E-state index in [0.29, 0.717) is 12.1 Å². The zero-order valence-corrected chi connectivity index (χ0v) is 9.97. The molecule has 1 heterocycles. The Bertz CT molecular complexity index is 491. The number of rotatable bonds is 2. The van der Waals surface area contributed by atoms with Gasteiger partial charge in [-0.15, -0.1) is 0 Å². The summed E-state index contributed by atoms with van der Waals surface area (Å²) in [5.41, 5.74) is 8.93. The van der Waals surface area contributed by atoms with E-state index < -0.39 is 0 Å². The molecule has 0 spiro atoms. The summed E-state index contributed by atoms with van der Waals surface area (Å²) in [6, 6.07) is 5.69. The minimum absolute atomic E-state index is 0.103. The molecule has 5 nitrogen and oxygen atoms in total. The number of carbonyl (C=O) groups is 1. The van der Waals surface area contributed by atoms with Crippen molar-refractivity contribution in [1.82, 2.24) is 0 Å². The van der Waals surface area contributed by atoms with Gasteiger partial charge in [-0.25, -0.2) is 5.84 Å². The predicted molar refractivity (Wildman–Crippen MR) is 68.2 cm³/mol. The van der Waals surface area contributed by atoms with Crippen LogP contribution in [0.1, 0.15) is 12.5 Å². The average Bonchev–Trinajstić information content (AvgIpc) is 2.54. The fraction of sp³-hybridized carbons (Fsp3) is 0.250. The van der Waals surface area contributed by atoms with Crippen LogP contribution in [-0.2, 0) is 11.2 Å². The lowest BCUT2D eigenvalue weighted by Crippen LogP contribution is -2.26. The highest BCUT2D eigenvalue weighted by Crippen LogP contribution is 2.31. The van der Waals surface area contributed by atoms with E-state index in [9.17, 15) is 4.79 Å². The molecule has 0 bridgehead atoms. The van der Waals surface area contributed by atoms with E-state index in [1.54, 1.807) is 25.1 Å². The van der Waals surface area contributed by atoms with Crippen molar-refractivity contribution < 1.29 is 4.79 Å². The van der Waals surface area contributed by atoms with Gasteiger partial charge in [0.15, 0.2) is 0 Å². The van der Waals surface area contributed by atoms with Crippen molar-refractivity contribution in [1.29, 1.82) is 0 Å². The van der Waals surface area contributed by atoms with E-state index in [4.69, 9.17) is 11.6 Å². The number of nitrogens with zero attached hydrogens (tertiary/aromatic N) is 2. The predicted octanol–water partition coefficient (Wildman–Crippen LogP) is 0.706.